The van der Waals surface area contributed by atoms with Gasteiger partial charge in [-0.2, -0.15) is 0 Å². The third-order valence-corrected chi connectivity index (χ3v) is 4.59. The topological polar surface area (TPSA) is 96.4 Å². The van der Waals surface area contributed by atoms with Gasteiger partial charge in [0, 0.05) is 16.4 Å². The molecule has 0 bridgehead atoms. The van der Waals surface area contributed by atoms with Gasteiger partial charge in [-0.15, -0.1) is 10.2 Å². The van der Waals surface area contributed by atoms with Crippen LogP contribution < -0.4 is 4.74 Å². The maximum Gasteiger partial charge on any atom is 0.299 e. The molecule has 3 rings (SSSR count). The van der Waals surface area contributed by atoms with Crippen LogP contribution >= 0.6 is 15.9 Å². The fraction of sp³-hybridized carbons (Fsp3) is 0.211. The molecule has 1 heterocycles. The number of aryl methyl sites for hydroxylation is 1. The Labute approximate surface area is 164 Å². The number of halogens is 1. The third-order valence-electron chi connectivity index (χ3n) is 4.09. The van der Waals surface area contributed by atoms with Crippen molar-refractivity contribution in [2.45, 2.75) is 19.9 Å². The SMILES string of the molecule is CCCn1c(O)c(N=NC(=O)c2cc(Br)ccc2O)c2cc(OC)ccc21. The second kappa shape index (κ2) is 7.79. The molecule has 0 spiro atoms. The average molecular weight is 432 g/mol. The van der Waals surface area contributed by atoms with E-state index in [-0.39, 0.29) is 22.9 Å². The van der Waals surface area contributed by atoms with E-state index in [1.807, 2.05) is 13.0 Å². The van der Waals surface area contributed by atoms with Crippen molar-refractivity contribution in [1.82, 2.24) is 4.57 Å². The Bertz CT molecular complexity index is 1040. The van der Waals surface area contributed by atoms with Crippen molar-refractivity contribution >= 4 is 38.4 Å². The van der Waals surface area contributed by atoms with Crippen LogP contribution in [0.2, 0.25) is 0 Å². The first kappa shape index (κ1) is 18.9. The van der Waals surface area contributed by atoms with Crippen molar-refractivity contribution in [3.05, 3.63) is 46.4 Å². The van der Waals surface area contributed by atoms with Gasteiger partial charge in [-0.25, -0.2) is 0 Å². The number of carbonyl (C=O) groups is 1. The maximum atomic E-state index is 12.3. The summed E-state index contributed by atoms with van der Waals surface area (Å²) in [6.45, 7) is 2.58. The van der Waals surface area contributed by atoms with Crippen LogP contribution in [-0.4, -0.2) is 27.8 Å². The van der Waals surface area contributed by atoms with Crippen molar-refractivity contribution in [3.63, 3.8) is 0 Å². The summed E-state index contributed by atoms with van der Waals surface area (Å²) >= 11 is 3.25. The maximum absolute atomic E-state index is 12.3. The minimum atomic E-state index is -0.715. The number of amides is 1. The standard InChI is InChI=1S/C19H18BrN3O4/c1-3-8-23-15-6-5-12(27-2)10-13(15)17(19(23)26)21-22-18(25)14-9-11(20)4-7-16(14)24/h4-7,9-10,24,26H,3,8H2,1-2H3. The van der Waals surface area contributed by atoms with Gasteiger partial charge in [0.15, 0.2) is 5.69 Å². The molecule has 3 aromatic rings. The molecule has 140 valence electrons. The second-order valence-electron chi connectivity index (χ2n) is 5.87. The molecule has 0 atom stereocenters. The normalized spacial score (nSPS) is 11.4. The second-order valence-corrected chi connectivity index (χ2v) is 6.79. The zero-order valence-electron chi connectivity index (χ0n) is 14.8. The molecule has 0 aliphatic carbocycles. The molecular weight excluding hydrogens is 414 g/mol. The molecule has 8 heteroatoms. The van der Waals surface area contributed by atoms with Crippen molar-refractivity contribution < 1.29 is 19.7 Å². The number of aromatic nitrogens is 1. The number of rotatable bonds is 5. The fourth-order valence-corrected chi connectivity index (χ4v) is 3.17. The smallest absolute Gasteiger partial charge is 0.299 e. The highest BCUT2D eigenvalue weighted by Gasteiger charge is 2.18. The van der Waals surface area contributed by atoms with Gasteiger partial charge in [-0.05, 0) is 42.8 Å². The Morgan fingerprint density at radius 2 is 2.00 bits per heavy atom. The number of aromatic hydroxyl groups is 2. The molecule has 0 fully saturated rings. The molecule has 0 aliphatic rings. The van der Waals surface area contributed by atoms with E-state index in [1.54, 1.807) is 29.9 Å². The van der Waals surface area contributed by atoms with Crippen LogP contribution in [-0.2, 0) is 6.54 Å². The van der Waals surface area contributed by atoms with Crippen LogP contribution in [0.15, 0.2) is 51.1 Å². The van der Waals surface area contributed by atoms with E-state index in [2.05, 4.69) is 26.2 Å². The van der Waals surface area contributed by atoms with E-state index < -0.39 is 5.91 Å². The van der Waals surface area contributed by atoms with Crippen LogP contribution in [0.4, 0.5) is 5.69 Å². The van der Waals surface area contributed by atoms with Crippen LogP contribution in [0.1, 0.15) is 23.7 Å². The Balaban J connectivity index is 2.07. The summed E-state index contributed by atoms with van der Waals surface area (Å²) in [5.41, 5.74) is 0.963. The van der Waals surface area contributed by atoms with Gasteiger partial charge >= 0.3 is 0 Å². The lowest BCUT2D eigenvalue weighted by molar-refractivity contribution is 0.0992. The van der Waals surface area contributed by atoms with E-state index in [1.165, 1.54) is 12.1 Å². The van der Waals surface area contributed by atoms with Gasteiger partial charge in [-0.1, -0.05) is 22.9 Å². The molecule has 1 amide bonds. The van der Waals surface area contributed by atoms with Crippen LogP contribution in [0.3, 0.4) is 0 Å². The number of hydrogen-bond acceptors (Lipinski definition) is 5. The van der Waals surface area contributed by atoms with E-state index in [0.29, 0.717) is 22.2 Å². The average Bonchev–Trinajstić information content (AvgIpc) is 2.92. The number of benzene rings is 2. The van der Waals surface area contributed by atoms with E-state index in [4.69, 9.17) is 4.74 Å². The molecule has 0 unspecified atom stereocenters. The molecule has 0 aliphatic heterocycles. The number of azo groups is 1. The number of hydrogen-bond donors (Lipinski definition) is 2. The third kappa shape index (κ3) is 3.66. The van der Waals surface area contributed by atoms with Crippen molar-refractivity contribution in [2.24, 2.45) is 10.2 Å². The molecule has 2 N–H and O–H groups in total. The van der Waals surface area contributed by atoms with E-state index in [0.717, 1.165) is 11.9 Å². The lowest BCUT2D eigenvalue weighted by atomic mass is 10.2. The number of nitrogens with zero attached hydrogens (tertiary/aromatic N) is 3. The summed E-state index contributed by atoms with van der Waals surface area (Å²) in [5, 5.41) is 28.7. The Kier molecular flexibility index (Phi) is 5.46. The zero-order chi connectivity index (χ0) is 19.6. The number of methoxy groups -OCH3 is 1. The highest BCUT2D eigenvalue weighted by atomic mass is 79.9. The number of carbonyl (C=O) groups excluding carboxylic acids is 1. The first-order valence-electron chi connectivity index (χ1n) is 8.30. The Morgan fingerprint density at radius 1 is 1.22 bits per heavy atom. The summed E-state index contributed by atoms with van der Waals surface area (Å²) in [7, 11) is 1.55. The first-order valence-corrected chi connectivity index (χ1v) is 9.09. The monoisotopic (exact) mass is 431 g/mol. The van der Waals surface area contributed by atoms with Gasteiger partial charge in [0.25, 0.3) is 5.91 Å². The number of fused-ring (bicyclic) bond motifs is 1. The van der Waals surface area contributed by atoms with Gasteiger partial charge in [0.05, 0.1) is 18.2 Å². The largest absolute Gasteiger partial charge is 0.507 e. The predicted molar refractivity (Wildman–Crippen MR) is 105 cm³/mol. The van der Waals surface area contributed by atoms with Gasteiger partial charge in [0.2, 0.25) is 5.88 Å². The van der Waals surface area contributed by atoms with Crippen LogP contribution in [0.25, 0.3) is 10.9 Å². The van der Waals surface area contributed by atoms with E-state index >= 15 is 0 Å². The Hall–Kier alpha value is -2.87. The summed E-state index contributed by atoms with van der Waals surface area (Å²) in [4.78, 5) is 12.3. The summed E-state index contributed by atoms with van der Waals surface area (Å²) in [6.07, 6.45) is 0.810. The molecule has 0 radical (unpaired) electrons. The van der Waals surface area contributed by atoms with E-state index in [9.17, 15) is 15.0 Å². The van der Waals surface area contributed by atoms with Crippen molar-refractivity contribution in [1.29, 1.82) is 0 Å². The molecule has 1 aromatic heterocycles. The predicted octanol–water partition coefficient (Wildman–Crippen LogP) is 5.16. The van der Waals surface area contributed by atoms with Crippen LogP contribution in [0, 0.1) is 0 Å². The summed E-state index contributed by atoms with van der Waals surface area (Å²) in [5.74, 6) is -0.382. The molecular formula is C19H18BrN3O4. The quantitative estimate of drug-likeness (QED) is 0.545. The van der Waals surface area contributed by atoms with Crippen molar-refractivity contribution in [3.8, 4) is 17.4 Å². The zero-order valence-corrected chi connectivity index (χ0v) is 16.4. The minimum absolute atomic E-state index is 0.0162. The number of phenols is 1. The molecule has 0 saturated heterocycles. The Morgan fingerprint density at radius 3 is 2.70 bits per heavy atom. The highest BCUT2D eigenvalue weighted by Crippen LogP contribution is 2.40. The summed E-state index contributed by atoms with van der Waals surface area (Å²) < 4.78 is 7.58. The van der Waals surface area contributed by atoms with Gasteiger partial charge in [0.1, 0.15) is 11.5 Å². The minimum Gasteiger partial charge on any atom is -0.507 e. The molecule has 27 heavy (non-hydrogen) atoms. The molecule has 0 saturated carbocycles. The lowest BCUT2D eigenvalue weighted by Gasteiger charge is -2.04. The van der Waals surface area contributed by atoms with Crippen molar-refractivity contribution in [2.75, 3.05) is 7.11 Å². The lowest BCUT2D eigenvalue weighted by Crippen LogP contribution is -1.95. The molecule has 2 aromatic carbocycles. The first-order chi connectivity index (χ1) is 13.0. The number of ether oxygens (including phenoxy) is 1. The number of phenolic OH excluding ortho intramolecular Hbond substituents is 1. The summed E-state index contributed by atoms with van der Waals surface area (Å²) in [6, 6.07) is 9.81. The van der Waals surface area contributed by atoms with Crippen LogP contribution in [0.5, 0.6) is 17.4 Å². The van der Waals surface area contributed by atoms with Gasteiger partial charge in [-0.3, -0.25) is 4.79 Å². The highest BCUT2D eigenvalue weighted by molar-refractivity contribution is 9.10. The fourth-order valence-electron chi connectivity index (χ4n) is 2.81. The van der Waals surface area contributed by atoms with Gasteiger partial charge < -0.3 is 19.5 Å². The molecule has 7 nitrogen and oxygen atoms in total.